The summed E-state index contributed by atoms with van der Waals surface area (Å²) in [7, 11) is -0.171. The molecule has 4 rings (SSSR count). The van der Waals surface area contributed by atoms with Gasteiger partial charge in [0.2, 0.25) is 0 Å². The summed E-state index contributed by atoms with van der Waals surface area (Å²) in [4.78, 5) is 0. The van der Waals surface area contributed by atoms with Gasteiger partial charge in [0.1, 0.15) is 0 Å². The van der Waals surface area contributed by atoms with Gasteiger partial charge in [-0.25, -0.2) is 0 Å². The van der Waals surface area contributed by atoms with Gasteiger partial charge in [-0.3, -0.25) is 0 Å². The lowest BCUT2D eigenvalue weighted by atomic mass is 9.43. The van der Waals surface area contributed by atoms with E-state index in [1.807, 2.05) is 0 Å². The van der Waals surface area contributed by atoms with Crippen LogP contribution in [-0.2, 0) is 9.31 Å². The van der Waals surface area contributed by atoms with Crippen LogP contribution in [0.4, 0.5) is 0 Å². The summed E-state index contributed by atoms with van der Waals surface area (Å²) in [5.41, 5.74) is 5.97. The smallest absolute Gasteiger partial charge is 0.405 e. The van der Waals surface area contributed by atoms with Gasteiger partial charge in [0, 0.05) is 6.44 Å². The Balaban J connectivity index is 1.89. The molecule has 4 aliphatic rings. The average Bonchev–Trinajstić information content (AvgIpc) is 2.53. The molecule has 0 radical (unpaired) electrons. The fraction of sp³-hybridized carbons (Fsp3) is 1.00. The van der Waals surface area contributed by atoms with E-state index in [-0.39, 0.29) is 18.8 Å². The van der Waals surface area contributed by atoms with Crippen LogP contribution in [0, 0.1) is 17.3 Å². The van der Waals surface area contributed by atoms with E-state index in [0.717, 1.165) is 12.3 Å². The molecule has 1 heterocycles. The second-order valence-electron chi connectivity index (χ2n) is 6.13. The summed E-state index contributed by atoms with van der Waals surface area (Å²) in [5, 5.41) is 0. The maximum Gasteiger partial charge on any atom is 0.472 e. The van der Waals surface area contributed by atoms with Crippen LogP contribution in [-0.4, -0.2) is 25.3 Å². The zero-order chi connectivity index (χ0) is 10.8. The van der Waals surface area contributed by atoms with Crippen LogP contribution in [0.25, 0.3) is 0 Å². The van der Waals surface area contributed by atoms with E-state index in [1.165, 1.54) is 6.42 Å². The zero-order valence-electron chi connectivity index (χ0n) is 9.82. The molecule has 3 saturated carbocycles. The maximum absolute atomic E-state index is 6.04. The van der Waals surface area contributed by atoms with Crippen molar-refractivity contribution in [1.82, 2.24) is 0 Å². The predicted molar refractivity (Wildman–Crippen MR) is 59.2 cm³/mol. The minimum absolute atomic E-state index is 0.0811. The van der Waals surface area contributed by atoms with E-state index in [1.54, 1.807) is 0 Å². The monoisotopic (exact) mass is 209 g/mol. The second-order valence-corrected chi connectivity index (χ2v) is 6.13. The highest BCUT2D eigenvalue weighted by molar-refractivity contribution is 6.45. The molecule has 2 N–H and O–H groups in total. The minimum atomic E-state index is -0.171. The molecule has 0 amide bonds. The molecular weight excluding hydrogens is 189 g/mol. The molecule has 0 aromatic rings. The van der Waals surface area contributed by atoms with Crippen molar-refractivity contribution in [3.63, 3.8) is 0 Å². The quantitative estimate of drug-likeness (QED) is 0.660. The zero-order valence-corrected chi connectivity index (χ0v) is 9.82. The largest absolute Gasteiger partial charge is 0.472 e. The van der Waals surface area contributed by atoms with Crippen LogP contribution in [0.5, 0.6) is 0 Å². The highest BCUT2D eigenvalue weighted by atomic mass is 16.7. The van der Waals surface area contributed by atoms with E-state index in [0.29, 0.717) is 17.8 Å². The highest BCUT2D eigenvalue weighted by Gasteiger charge is 2.67. The van der Waals surface area contributed by atoms with Gasteiger partial charge in [0.15, 0.2) is 0 Å². The minimum Gasteiger partial charge on any atom is -0.405 e. The molecular formula is C11H20BNO2. The fourth-order valence-electron chi connectivity index (χ4n) is 4.05. The third-order valence-corrected chi connectivity index (χ3v) is 5.19. The normalized spacial score (nSPS) is 51.2. The van der Waals surface area contributed by atoms with Crippen molar-refractivity contribution in [3.8, 4) is 0 Å². The van der Waals surface area contributed by atoms with Gasteiger partial charge in [0.25, 0.3) is 0 Å². The molecule has 1 saturated heterocycles. The van der Waals surface area contributed by atoms with Crippen molar-refractivity contribution in [2.24, 2.45) is 23.0 Å². The van der Waals surface area contributed by atoms with Crippen LogP contribution in [0.1, 0.15) is 33.6 Å². The molecule has 0 aromatic heterocycles. The Morgan fingerprint density at radius 3 is 2.67 bits per heavy atom. The van der Waals surface area contributed by atoms with Crippen molar-refractivity contribution in [1.29, 1.82) is 0 Å². The van der Waals surface area contributed by atoms with Gasteiger partial charge in [-0.1, -0.05) is 13.8 Å². The summed E-state index contributed by atoms with van der Waals surface area (Å²) in [6.45, 7) is 6.95. The summed E-state index contributed by atoms with van der Waals surface area (Å²) in [5.74, 6) is 1.46. The van der Waals surface area contributed by atoms with Gasteiger partial charge in [0.05, 0.1) is 11.7 Å². The summed E-state index contributed by atoms with van der Waals surface area (Å²) in [6.07, 6.45) is 3.21. The fourth-order valence-corrected chi connectivity index (χ4v) is 4.05. The number of rotatable bonds is 1. The SMILES string of the molecule is CC1(C)C2CC3OB(CN)O[C@]3(C)C1C2. The lowest BCUT2D eigenvalue weighted by Gasteiger charge is -2.64. The third kappa shape index (κ3) is 1.08. The number of hydrogen-bond acceptors (Lipinski definition) is 3. The molecule has 3 nitrogen and oxygen atoms in total. The number of nitrogens with two attached hydrogens (primary N) is 1. The van der Waals surface area contributed by atoms with E-state index in [4.69, 9.17) is 15.0 Å². The Hall–Kier alpha value is -0.0551. The first-order valence-electron chi connectivity index (χ1n) is 6.02. The molecule has 2 bridgehead atoms. The molecule has 0 aromatic carbocycles. The van der Waals surface area contributed by atoms with Crippen LogP contribution in [0.2, 0.25) is 0 Å². The Bertz CT molecular complexity index is 296. The topological polar surface area (TPSA) is 44.5 Å². The first kappa shape index (κ1) is 10.1. The summed E-state index contributed by atoms with van der Waals surface area (Å²) < 4.78 is 11.9. The Morgan fingerprint density at radius 1 is 1.33 bits per heavy atom. The molecule has 3 unspecified atom stereocenters. The first-order valence-corrected chi connectivity index (χ1v) is 6.02. The molecule has 4 heteroatoms. The van der Waals surface area contributed by atoms with E-state index >= 15 is 0 Å². The molecule has 1 aliphatic heterocycles. The Kier molecular flexibility index (Phi) is 1.88. The van der Waals surface area contributed by atoms with Crippen LogP contribution in [0.15, 0.2) is 0 Å². The van der Waals surface area contributed by atoms with Crippen molar-refractivity contribution in [3.05, 3.63) is 0 Å². The lowest BCUT2D eigenvalue weighted by Crippen LogP contribution is -2.65. The van der Waals surface area contributed by atoms with Gasteiger partial charge < -0.3 is 15.0 Å². The third-order valence-electron chi connectivity index (χ3n) is 5.19. The van der Waals surface area contributed by atoms with E-state index in [9.17, 15) is 0 Å². The standard InChI is InChI=1S/C11H20BNO2/c1-10(2)7-4-8(10)11(3)9(5-7)14-12(6-13)15-11/h7-9H,4-6,13H2,1-3H3/t7?,8?,9?,11-/m1/s1. The van der Waals surface area contributed by atoms with E-state index in [2.05, 4.69) is 20.8 Å². The Labute approximate surface area is 91.8 Å². The maximum atomic E-state index is 6.04. The molecule has 15 heavy (non-hydrogen) atoms. The molecule has 4 atom stereocenters. The van der Waals surface area contributed by atoms with E-state index < -0.39 is 0 Å². The van der Waals surface area contributed by atoms with Gasteiger partial charge in [-0.15, -0.1) is 0 Å². The lowest BCUT2D eigenvalue weighted by molar-refractivity contribution is -0.199. The molecule has 84 valence electrons. The summed E-state index contributed by atoms with van der Waals surface area (Å²) in [6, 6.07) is 0. The van der Waals surface area contributed by atoms with Crippen molar-refractivity contribution in [2.75, 3.05) is 6.44 Å². The molecule has 3 aliphatic carbocycles. The molecule has 4 fully saturated rings. The average molecular weight is 209 g/mol. The van der Waals surface area contributed by atoms with Crippen molar-refractivity contribution >= 4 is 7.12 Å². The first-order chi connectivity index (χ1) is 6.98. The van der Waals surface area contributed by atoms with Crippen molar-refractivity contribution in [2.45, 2.75) is 45.3 Å². The van der Waals surface area contributed by atoms with Crippen LogP contribution < -0.4 is 5.73 Å². The summed E-state index contributed by atoms with van der Waals surface area (Å²) >= 11 is 0. The van der Waals surface area contributed by atoms with Crippen LogP contribution >= 0.6 is 0 Å². The van der Waals surface area contributed by atoms with Gasteiger partial charge in [-0.05, 0) is 37.0 Å². The van der Waals surface area contributed by atoms with Gasteiger partial charge >= 0.3 is 7.12 Å². The molecule has 0 spiro atoms. The predicted octanol–water partition coefficient (Wildman–Crippen LogP) is 1.21. The van der Waals surface area contributed by atoms with Crippen molar-refractivity contribution < 1.29 is 9.31 Å². The van der Waals surface area contributed by atoms with Gasteiger partial charge in [-0.2, -0.15) is 0 Å². The Morgan fingerprint density at radius 2 is 2.07 bits per heavy atom. The number of hydrogen-bond donors (Lipinski definition) is 1. The van der Waals surface area contributed by atoms with Crippen LogP contribution in [0.3, 0.4) is 0 Å². The second kappa shape index (κ2) is 2.79. The highest BCUT2D eigenvalue weighted by Crippen LogP contribution is 2.65.